The lowest BCUT2D eigenvalue weighted by Crippen LogP contribution is -2.52. The number of rotatable bonds is 4. The minimum absolute atomic E-state index is 0.138. The van der Waals surface area contributed by atoms with Gasteiger partial charge in [0.2, 0.25) is 0 Å². The van der Waals surface area contributed by atoms with E-state index in [1.165, 1.54) is 38.5 Å². The van der Waals surface area contributed by atoms with Gasteiger partial charge < -0.3 is 5.11 Å². The summed E-state index contributed by atoms with van der Waals surface area (Å²) in [6.45, 7) is 0. The molecule has 5 heteroatoms. The Kier molecular flexibility index (Phi) is 2.66. The zero-order chi connectivity index (χ0) is 13.7. The maximum Gasteiger partial charge on any atom is 0.303 e. The molecule has 1 N–H and O–H groups in total. The SMILES string of the molecule is O=C(O)CCc1cnn(C23CC4CC(CC(C4)C2)C3)n1. The number of aliphatic carboxylic acids is 1. The number of carboxylic acid groups (broad SMARTS) is 1. The number of hydrogen-bond acceptors (Lipinski definition) is 3. The van der Waals surface area contributed by atoms with E-state index >= 15 is 0 Å². The molecule has 4 aliphatic rings. The monoisotopic (exact) mass is 275 g/mol. The van der Waals surface area contributed by atoms with Crippen LogP contribution in [-0.2, 0) is 16.8 Å². The van der Waals surface area contributed by atoms with Crippen molar-refractivity contribution in [3.05, 3.63) is 11.9 Å². The Hall–Kier alpha value is -1.39. The fourth-order valence-corrected chi connectivity index (χ4v) is 5.18. The molecule has 4 saturated carbocycles. The molecular formula is C15H21N3O2. The highest BCUT2D eigenvalue weighted by molar-refractivity contribution is 5.66. The summed E-state index contributed by atoms with van der Waals surface area (Å²) in [5.74, 6) is 1.84. The summed E-state index contributed by atoms with van der Waals surface area (Å²) >= 11 is 0. The van der Waals surface area contributed by atoms with Gasteiger partial charge in [0.1, 0.15) is 0 Å². The van der Waals surface area contributed by atoms with Gasteiger partial charge in [0.15, 0.2) is 0 Å². The summed E-state index contributed by atoms with van der Waals surface area (Å²) in [7, 11) is 0. The number of hydrogen-bond donors (Lipinski definition) is 1. The minimum atomic E-state index is -0.769. The molecule has 0 unspecified atom stereocenters. The second-order valence-corrected chi connectivity index (χ2v) is 7.16. The van der Waals surface area contributed by atoms with Gasteiger partial charge in [-0.05, 0) is 56.3 Å². The van der Waals surface area contributed by atoms with Gasteiger partial charge in [0, 0.05) is 6.42 Å². The van der Waals surface area contributed by atoms with Crippen LogP contribution in [0, 0.1) is 17.8 Å². The Bertz CT molecular complexity index is 502. The van der Waals surface area contributed by atoms with E-state index in [2.05, 4.69) is 10.2 Å². The van der Waals surface area contributed by atoms with Crippen molar-refractivity contribution in [2.24, 2.45) is 17.8 Å². The standard InChI is InChI=1S/C15H21N3O2/c19-14(20)2-1-13-9-16-18(17-13)15-6-10-3-11(7-15)5-12(4-10)8-15/h9-12H,1-8H2,(H,19,20). The third-order valence-electron chi connectivity index (χ3n) is 5.56. The van der Waals surface area contributed by atoms with Crippen LogP contribution in [0.25, 0.3) is 0 Å². The van der Waals surface area contributed by atoms with Crippen LogP contribution in [0.2, 0.25) is 0 Å². The third-order valence-corrected chi connectivity index (χ3v) is 5.56. The average molecular weight is 275 g/mol. The topological polar surface area (TPSA) is 68.0 Å². The first kappa shape index (κ1) is 12.4. The number of nitrogens with zero attached hydrogens (tertiary/aromatic N) is 3. The van der Waals surface area contributed by atoms with E-state index in [0.29, 0.717) is 6.42 Å². The van der Waals surface area contributed by atoms with Gasteiger partial charge in [-0.2, -0.15) is 15.0 Å². The van der Waals surface area contributed by atoms with E-state index in [0.717, 1.165) is 23.4 Å². The molecule has 0 aliphatic heterocycles. The molecule has 4 aliphatic carbocycles. The van der Waals surface area contributed by atoms with Crippen LogP contribution in [0.15, 0.2) is 6.20 Å². The fourth-order valence-electron chi connectivity index (χ4n) is 5.18. The molecule has 4 fully saturated rings. The normalized spacial score (nSPS) is 38.3. The molecule has 5 rings (SSSR count). The largest absolute Gasteiger partial charge is 0.481 e. The van der Waals surface area contributed by atoms with Gasteiger partial charge in [-0.3, -0.25) is 4.79 Å². The Labute approximate surface area is 118 Å². The summed E-state index contributed by atoms with van der Waals surface area (Å²) in [6, 6.07) is 0. The van der Waals surface area contributed by atoms with Crippen LogP contribution < -0.4 is 0 Å². The quantitative estimate of drug-likeness (QED) is 0.915. The molecular weight excluding hydrogens is 254 g/mol. The number of aromatic nitrogens is 3. The molecule has 1 aromatic heterocycles. The molecule has 4 bridgehead atoms. The van der Waals surface area contributed by atoms with Crippen LogP contribution in [-0.4, -0.2) is 26.1 Å². The number of carbonyl (C=O) groups is 1. The summed E-state index contributed by atoms with van der Waals surface area (Å²) < 4.78 is 0. The summed E-state index contributed by atoms with van der Waals surface area (Å²) in [4.78, 5) is 12.6. The van der Waals surface area contributed by atoms with Gasteiger partial charge in [-0.1, -0.05) is 0 Å². The molecule has 0 amide bonds. The van der Waals surface area contributed by atoms with Gasteiger partial charge in [-0.25, -0.2) is 0 Å². The van der Waals surface area contributed by atoms with E-state index < -0.39 is 5.97 Å². The molecule has 0 radical (unpaired) electrons. The molecule has 0 aromatic carbocycles. The van der Waals surface area contributed by atoms with Gasteiger partial charge in [0.25, 0.3) is 0 Å². The van der Waals surface area contributed by atoms with E-state index in [1.807, 2.05) is 4.80 Å². The molecule has 5 nitrogen and oxygen atoms in total. The zero-order valence-corrected chi connectivity index (χ0v) is 11.7. The first-order valence-corrected chi connectivity index (χ1v) is 7.76. The fraction of sp³-hybridized carbons (Fsp3) is 0.800. The van der Waals surface area contributed by atoms with Crippen LogP contribution >= 0.6 is 0 Å². The summed E-state index contributed by atoms with van der Waals surface area (Å²) in [5.41, 5.74) is 0.971. The highest BCUT2D eigenvalue weighted by atomic mass is 16.4. The highest BCUT2D eigenvalue weighted by Gasteiger charge is 2.53. The minimum Gasteiger partial charge on any atom is -0.481 e. The third kappa shape index (κ3) is 1.95. The smallest absolute Gasteiger partial charge is 0.303 e. The first-order chi connectivity index (χ1) is 9.63. The van der Waals surface area contributed by atoms with Crippen LogP contribution in [0.4, 0.5) is 0 Å². The lowest BCUT2D eigenvalue weighted by Gasteiger charge is -2.55. The maximum atomic E-state index is 10.6. The Morgan fingerprint density at radius 2 is 1.85 bits per heavy atom. The molecule has 108 valence electrons. The molecule has 1 heterocycles. The van der Waals surface area contributed by atoms with Crippen molar-refractivity contribution in [1.29, 1.82) is 0 Å². The summed E-state index contributed by atoms with van der Waals surface area (Å²) in [6.07, 6.45) is 10.3. The molecule has 20 heavy (non-hydrogen) atoms. The maximum absolute atomic E-state index is 10.6. The van der Waals surface area contributed by atoms with Crippen LogP contribution in [0.3, 0.4) is 0 Å². The van der Waals surface area contributed by atoms with Crippen molar-refractivity contribution in [2.45, 2.75) is 56.9 Å². The van der Waals surface area contributed by atoms with Crippen LogP contribution in [0.1, 0.15) is 50.6 Å². The Balaban J connectivity index is 1.56. The lowest BCUT2D eigenvalue weighted by molar-refractivity contribution is -0.136. The van der Waals surface area contributed by atoms with Gasteiger partial charge >= 0.3 is 5.97 Å². The van der Waals surface area contributed by atoms with E-state index in [-0.39, 0.29) is 12.0 Å². The Morgan fingerprint density at radius 1 is 1.25 bits per heavy atom. The van der Waals surface area contributed by atoms with E-state index in [9.17, 15) is 4.79 Å². The van der Waals surface area contributed by atoms with Crippen molar-refractivity contribution in [1.82, 2.24) is 15.0 Å². The summed E-state index contributed by atoms with van der Waals surface area (Å²) in [5, 5.41) is 17.9. The van der Waals surface area contributed by atoms with Crippen molar-refractivity contribution >= 4 is 5.97 Å². The predicted octanol–water partition coefficient (Wildman–Crippen LogP) is 2.22. The van der Waals surface area contributed by atoms with Gasteiger partial charge in [-0.15, -0.1) is 0 Å². The Morgan fingerprint density at radius 3 is 2.40 bits per heavy atom. The second-order valence-electron chi connectivity index (χ2n) is 7.16. The highest BCUT2D eigenvalue weighted by Crippen LogP contribution is 2.58. The van der Waals surface area contributed by atoms with Crippen molar-refractivity contribution in [2.75, 3.05) is 0 Å². The second kappa shape index (κ2) is 4.30. The predicted molar refractivity (Wildman–Crippen MR) is 72.1 cm³/mol. The molecule has 0 spiro atoms. The van der Waals surface area contributed by atoms with Crippen molar-refractivity contribution < 1.29 is 9.90 Å². The van der Waals surface area contributed by atoms with E-state index in [1.54, 1.807) is 6.20 Å². The number of carboxylic acids is 1. The number of aryl methyl sites for hydroxylation is 1. The molecule has 0 saturated heterocycles. The molecule has 0 atom stereocenters. The van der Waals surface area contributed by atoms with Crippen LogP contribution in [0.5, 0.6) is 0 Å². The average Bonchev–Trinajstić information content (AvgIpc) is 2.84. The van der Waals surface area contributed by atoms with Crippen molar-refractivity contribution in [3.63, 3.8) is 0 Å². The van der Waals surface area contributed by atoms with Gasteiger partial charge in [0.05, 0.1) is 23.9 Å². The zero-order valence-electron chi connectivity index (χ0n) is 11.7. The molecule has 1 aromatic rings. The first-order valence-electron chi connectivity index (χ1n) is 7.76. The van der Waals surface area contributed by atoms with Crippen molar-refractivity contribution in [3.8, 4) is 0 Å². The van der Waals surface area contributed by atoms with E-state index in [4.69, 9.17) is 5.11 Å². The lowest BCUT2D eigenvalue weighted by atomic mass is 9.53.